The minimum Gasteiger partial charge on any atom is -0.324 e. The number of hydrogen-bond donors (Lipinski definition) is 1. The third kappa shape index (κ3) is 3.36. The predicted molar refractivity (Wildman–Crippen MR) is 101 cm³/mol. The van der Waals surface area contributed by atoms with E-state index in [2.05, 4.69) is 5.32 Å². The van der Waals surface area contributed by atoms with Crippen LogP contribution in [0.1, 0.15) is 27.5 Å². The minimum atomic E-state index is -0.677. The maximum atomic E-state index is 14.1. The number of carbonyl (C=O) groups is 2. The monoisotopic (exact) mass is 378 g/mol. The summed E-state index contributed by atoms with van der Waals surface area (Å²) in [5.74, 6) is -1.76. The van der Waals surface area contributed by atoms with E-state index in [4.69, 9.17) is 0 Å². The molecule has 1 aliphatic heterocycles. The molecule has 6 heteroatoms. The van der Waals surface area contributed by atoms with Gasteiger partial charge in [-0.1, -0.05) is 30.3 Å². The molecule has 1 unspecified atom stereocenters. The van der Waals surface area contributed by atoms with Crippen molar-refractivity contribution in [1.82, 2.24) is 4.90 Å². The molecule has 0 bridgehead atoms. The maximum Gasteiger partial charge on any atom is 0.255 e. The van der Waals surface area contributed by atoms with Gasteiger partial charge in [0, 0.05) is 16.8 Å². The van der Waals surface area contributed by atoms with Crippen molar-refractivity contribution < 1.29 is 18.4 Å². The van der Waals surface area contributed by atoms with Crippen LogP contribution in [0.2, 0.25) is 0 Å². The molecule has 1 N–H and O–H groups in total. The summed E-state index contributed by atoms with van der Waals surface area (Å²) in [5, 5.41) is 2.74. The lowest BCUT2D eigenvalue weighted by molar-refractivity contribution is -0.117. The Labute approximate surface area is 160 Å². The lowest BCUT2D eigenvalue weighted by atomic mass is 9.95. The Morgan fingerprint density at radius 2 is 1.61 bits per heavy atom. The van der Waals surface area contributed by atoms with E-state index in [1.807, 2.05) is 30.3 Å². The molecule has 28 heavy (non-hydrogen) atoms. The quantitative estimate of drug-likeness (QED) is 0.728. The van der Waals surface area contributed by atoms with E-state index >= 15 is 0 Å². The summed E-state index contributed by atoms with van der Waals surface area (Å²) < 4.78 is 27.3. The van der Waals surface area contributed by atoms with Crippen molar-refractivity contribution >= 4 is 17.5 Å². The van der Waals surface area contributed by atoms with Crippen molar-refractivity contribution in [2.75, 3.05) is 11.9 Å². The predicted octanol–water partition coefficient (Wildman–Crippen LogP) is 4.15. The molecule has 3 aromatic rings. The SMILES string of the molecule is O=C1CN(C(=O)c2ccc(F)cc2)C(c2ccccc2)c2cc(F)ccc2N1. The van der Waals surface area contributed by atoms with Gasteiger partial charge >= 0.3 is 0 Å². The van der Waals surface area contributed by atoms with Crippen molar-refractivity contribution in [3.63, 3.8) is 0 Å². The molecule has 2 amide bonds. The third-order valence-electron chi connectivity index (χ3n) is 4.68. The molecule has 4 nitrogen and oxygen atoms in total. The number of amides is 2. The first-order valence-electron chi connectivity index (χ1n) is 8.74. The van der Waals surface area contributed by atoms with Crippen molar-refractivity contribution in [2.24, 2.45) is 0 Å². The Bertz CT molecular complexity index is 1040. The Morgan fingerprint density at radius 1 is 0.929 bits per heavy atom. The van der Waals surface area contributed by atoms with Crippen LogP contribution >= 0.6 is 0 Å². The molecule has 0 spiro atoms. The summed E-state index contributed by atoms with van der Waals surface area (Å²) in [6.07, 6.45) is 0. The van der Waals surface area contributed by atoms with Gasteiger partial charge in [-0.2, -0.15) is 0 Å². The Kier molecular flexibility index (Phi) is 4.61. The number of hydrogen-bond acceptors (Lipinski definition) is 2. The molecule has 0 saturated heterocycles. The maximum absolute atomic E-state index is 14.1. The summed E-state index contributed by atoms with van der Waals surface area (Å²) in [6, 6.07) is 17.6. The number of halogens is 2. The summed E-state index contributed by atoms with van der Waals surface area (Å²) in [4.78, 5) is 27.0. The number of rotatable bonds is 2. The number of nitrogens with one attached hydrogen (secondary N) is 1. The van der Waals surface area contributed by atoms with Crippen LogP contribution in [0.3, 0.4) is 0 Å². The Morgan fingerprint density at radius 3 is 2.32 bits per heavy atom. The van der Waals surface area contributed by atoms with Gasteiger partial charge < -0.3 is 10.2 Å². The van der Waals surface area contributed by atoms with E-state index < -0.39 is 23.6 Å². The van der Waals surface area contributed by atoms with Crippen LogP contribution < -0.4 is 5.32 Å². The van der Waals surface area contributed by atoms with E-state index in [1.165, 1.54) is 47.4 Å². The zero-order chi connectivity index (χ0) is 19.7. The van der Waals surface area contributed by atoms with E-state index in [0.29, 0.717) is 11.3 Å². The average Bonchev–Trinajstić information content (AvgIpc) is 2.84. The van der Waals surface area contributed by atoms with Gasteiger partial charge in [0.25, 0.3) is 5.91 Å². The molecule has 0 fully saturated rings. The van der Waals surface area contributed by atoms with Crippen molar-refractivity contribution in [2.45, 2.75) is 6.04 Å². The number of anilines is 1. The first-order chi connectivity index (χ1) is 13.5. The standard InChI is InChI=1S/C22H16F2N2O2/c23-16-8-6-15(7-9-16)22(28)26-13-20(27)25-19-11-10-17(24)12-18(19)21(26)14-4-2-1-3-5-14/h1-12,21H,13H2,(H,25,27). The van der Waals surface area contributed by atoms with Crippen molar-refractivity contribution in [3.05, 3.63) is 101 Å². The van der Waals surface area contributed by atoms with Crippen LogP contribution in [0.5, 0.6) is 0 Å². The minimum absolute atomic E-state index is 0.216. The second-order valence-electron chi connectivity index (χ2n) is 6.53. The van der Waals surface area contributed by atoms with Gasteiger partial charge in [-0.25, -0.2) is 8.78 Å². The molecule has 0 saturated carbocycles. The van der Waals surface area contributed by atoms with Gasteiger partial charge in [0.2, 0.25) is 5.91 Å². The molecule has 1 heterocycles. The molecule has 140 valence electrons. The lowest BCUT2D eigenvalue weighted by Crippen LogP contribution is -2.39. The fourth-order valence-corrected chi connectivity index (χ4v) is 3.42. The fraction of sp³-hybridized carbons (Fsp3) is 0.0909. The van der Waals surface area contributed by atoms with E-state index in [9.17, 15) is 18.4 Å². The van der Waals surface area contributed by atoms with Gasteiger partial charge in [-0.05, 0) is 48.0 Å². The zero-order valence-corrected chi connectivity index (χ0v) is 14.7. The smallest absolute Gasteiger partial charge is 0.255 e. The lowest BCUT2D eigenvalue weighted by Gasteiger charge is -2.30. The Balaban J connectivity index is 1.88. The normalized spacial score (nSPS) is 16.1. The molecular weight excluding hydrogens is 362 g/mol. The summed E-state index contributed by atoms with van der Waals surface area (Å²) in [7, 11) is 0. The third-order valence-corrected chi connectivity index (χ3v) is 4.68. The first-order valence-corrected chi connectivity index (χ1v) is 8.74. The van der Waals surface area contributed by atoms with Crippen LogP contribution in [0.15, 0.2) is 72.8 Å². The van der Waals surface area contributed by atoms with Gasteiger partial charge in [0.15, 0.2) is 0 Å². The summed E-state index contributed by atoms with van der Waals surface area (Å²) in [6.45, 7) is -0.216. The molecule has 0 aromatic heterocycles. The highest BCUT2D eigenvalue weighted by molar-refractivity contribution is 6.01. The van der Waals surface area contributed by atoms with Gasteiger partial charge in [0.05, 0.1) is 6.04 Å². The summed E-state index contributed by atoms with van der Waals surface area (Å²) >= 11 is 0. The second kappa shape index (κ2) is 7.23. The fourth-order valence-electron chi connectivity index (χ4n) is 3.42. The van der Waals surface area contributed by atoms with Crippen molar-refractivity contribution in [1.29, 1.82) is 0 Å². The topological polar surface area (TPSA) is 49.4 Å². The van der Waals surface area contributed by atoms with Gasteiger partial charge in [-0.15, -0.1) is 0 Å². The van der Waals surface area contributed by atoms with Crippen LogP contribution in [-0.4, -0.2) is 23.3 Å². The molecule has 3 aromatic carbocycles. The van der Waals surface area contributed by atoms with Crippen molar-refractivity contribution in [3.8, 4) is 0 Å². The molecule has 0 radical (unpaired) electrons. The molecule has 1 aliphatic rings. The number of fused-ring (bicyclic) bond motifs is 1. The van der Waals surface area contributed by atoms with E-state index in [-0.39, 0.29) is 18.0 Å². The van der Waals surface area contributed by atoms with Gasteiger partial charge in [0.1, 0.15) is 18.2 Å². The van der Waals surface area contributed by atoms with E-state index in [1.54, 1.807) is 0 Å². The second-order valence-corrected chi connectivity index (χ2v) is 6.53. The van der Waals surface area contributed by atoms with Gasteiger partial charge in [-0.3, -0.25) is 9.59 Å². The summed E-state index contributed by atoms with van der Waals surface area (Å²) in [5.41, 5.74) is 1.92. The van der Waals surface area contributed by atoms with Crippen LogP contribution in [0.25, 0.3) is 0 Å². The highest BCUT2D eigenvalue weighted by Gasteiger charge is 2.34. The van der Waals surface area contributed by atoms with Crippen LogP contribution in [0.4, 0.5) is 14.5 Å². The number of benzene rings is 3. The average molecular weight is 378 g/mol. The van der Waals surface area contributed by atoms with Crippen LogP contribution in [-0.2, 0) is 4.79 Å². The number of carbonyl (C=O) groups excluding carboxylic acids is 2. The largest absolute Gasteiger partial charge is 0.324 e. The highest BCUT2D eigenvalue weighted by Crippen LogP contribution is 2.36. The zero-order valence-electron chi connectivity index (χ0n) is 14.7. The molecule has 0 aliphatic carbocycles. The number of nitrogens with zero attached hydrogens (tertiary/aromatic N) is 1. The Hall–Kier alpha value is -3.54. The first kappa shape index (κ1) is 17.9. The van der Waals surface area contributed by atoms with E-state index in [0.717, 1.165) is 5.56 Å². The molecule has 1 atom stereocenters. The van der Waals surface area contributed by atoms with Crippen LogP contribution in [0, 0.1) is 11.6 Å². The highest BCUT2D eigenvalue weighted by atomic mass is 19.1. The molecular formula is C22H16F2N2O2. The molecule has 4 rings (SSSR count).